The monoisotopic (exact) mass is 111 g/mol. The predicted molar refractivity (Wildman–Crippen MR) is 38.1 cm³/mol. The summed E-state index contributed by atoms with van der Waals surface area (Å²) in [7, 11) is 9.65. The summed E-state index contributed by atoms with van der Waals surface area (Å²) < 4.78 is 0. The van der Waals surface area contributed by atoms with Crippen molar-refractivity contribution < 1.29 is 0 Å². The van der Waals surface area contributed by atoms with Crippen LogP contribution >= 0.6 is 0 Å². The highest BCUT2D eigenvalue weighted by atomic mass is 15.1. The van der Waals surface area contributed by atoms with Crippen LogP contribution in [-0.4, -0.2) is 32.8 Å². The first-order chi connectivity index (χ1) is 3.68. The van der Waals surface area contributed by atoms with Crippen molar-refractivity contribution in [3.8, 4) is 0 Å². The van der Waals surface area contributed by atoms with Crippen LogP contribution in [0.2, 0.25) is 0 Å². The highest BCUT2D eigenvalue weighted by Gasteiger charge is 1.99. The van der Waals surface area contributed by atoms with Gasteiger partial charge in [0, 0.05) is 0 Å². The summed E-state index contributed by atoms with van der Waals surface area (Å²) in [6, 6.07) is 0. The van der Waals surface area contributed by atoms with E-state index in [2.05, 4.69) is 6.92 Å². The second-order valence-electron chi connectivity index (χ2n) is 2.32. The Labute approximate surface area is 53.5 Å². The van der Waals surface area contributed by atoms with Crippen LogP contribution < -0.4 is 0 Å². The first kappa shape index (κ1) is 8.02. The van der Waals surface area contributed by atoms with Gasteiger partial charge in [0.15, 0.2) is 0 Å². The van der Waals surface area contributed by atoms with Gasteiger partial charge < -0.3 is 4.90 Å². The number of rotatable bonds is 3. The van der Waals surface area contributed by atoms with E-state index >= 15 is 0 Å². The minimum atomic E-state index is 0.250. The first-order valence-corrected chi connectivity index (χ1v) is 3.10. The van der Waals surface area contributed by atoms with E-state index < -0.39 is 0 Å². The van der Waals surface area contributed by atoms with Crippen LogP contribution in [0, 0.1) is 0 Å². The van der Waals surface area contributed by atoms with Crippen molar-refractivity contribution >= 4 is 7.85 Å². The lowest BCUT2D eigenvalue weighted by Crippen LogP contribution is -2.27. The molecule has 0 fully saturated rings. The Morgan fingerprint density at radius 2 is 2.00 bits per heavy atom. The Morgan fingerprint density at radius 3 is 2.12 bits per heavy atom. The van der Waals surface area contributed by atoms with E-state index in [1.807, 2.05) is 19.0 Å². The van der Waals surface area contributed by atoms with Gasteiger partial charge in [-0.1, -0.05) is 13.3 Å². The van der Waals surface area contributed by atoms with Crippen molar-refractivity contribution in [1.82, 2.24) is 4.90 Å². The van der Waals surface area contributed by atoms with E-state index in [-0.39, 0.29) is 5.94 Å². The molecule has 0 bridgehead atoms. The maximum Gasteiger partial charge on any atom is 0.0910 e. The molecule has 0 N–H and O–H groups in total. The van der Waals surface area contributed by atoms with Crippen molar-refractivity contribution in [2.75, 3.05) is 14.1 Å². The number of nitrogens with zero attached hydrogens (tertiary/aromatic N) is 1. The summed E-state index contributed by atoms with van der Waals surface area (Å²) >= 11 is 0. The van der Waals surface area contributed by atoms with Crippen LogP contribution in [-0.2, 0) is 0 Å². The Hall–Kier alpha value is 0.0249. The summed E-state index contributed by atoms with van der Waals surface area (Å²) in [5.74, 6) is 0.250. The molecular formula is C6H14BN. The lowest BCUT2D eigenvalue weighted by atomic mass is 9.91. The molecule has 0 amide bonds. The summed E-state index contributed by atoms with van der Waals surface area (Å²) in [5, 5.41) is 0. The molecular weight excluding hydrogens is 96.9 g/mol. The van der Waals surface area contributed by atoms with Crippen LogP contribution in [0.25, 0.3) is 0 Å². The Kier molecular flexibility index (Phi) is 3.97. The summed E-state index contributed by atoms with van der Waals surface area (Å²) in [6.45, 7) is 2.14. The second-order valence-corrected chi connectivity index (χ2v) is 2.32. The van der Waals surface area contributed by atoms with E-state index in [9.17, 15) is 0 Å². The minimum Gasteiger partial charge on any atom is -0.315 e. The molecule has 0 rings (SSSR count). The minimum absolute atomic E-state index is 0.250. The van der Waals surface area contributed by atoms with Gasteiger partial charge in [-0.3, -0.25) is 0 Å². The molecule has 0 aromatic carbocycles. The molecule has 1 nitrogen and oxygen atoms in total. The molecule has 46 valence electrons. The summed E-state index contributed by atoms with van der Waals surface area (Å²) in [5.41, 5.74) is 0. The standard InChI is InChI=1S/C6H14BN/c1-4-5-6(7)8(2)3/h6H,4-5H2,1-3H3. The molecule has 0 aliphatic heterocycles. The Balaban J connectivity index is 3.17. The number of hydrogen-bond acceptors (Lipinski definition) is 1. The van der Waals surface area contributed by atoms with Crippen molar-refractivity contribution in [2.45, 2.75) is 25.7 Å². The smallest absolute Gasteiger partial charge is 0.0910 e. The zero-order chi connectivity index (χ0) is 6.57. The van der Waals surface area contributed by atoms with Gasteiger partial charge in [-0.2, -0.15) is 0 Å². The lowest BCUT2D eigenvalue weighted by Gasteiger charge is -2.18. The second kappa shape index (κ2) is 3.96. The molecule has 0 aromatic heterocycles. The topological polar surface area (TPSA) is 3.24 Å². The van der Waals surface area contributed by atoms with Gasteiger partial charge in [0.05, 0.1) is 7.85 Å². The molecule has 0 heterocycles. The van der Waals surface area contributed by atoms with E-state index in [4.69, 9.17) is 7.85 Å². The maximum atomic E-state index is 5.65. The Bertz CT molecular complexity index is 54.5. The van der Waals surface area contributed by atoms with Crippen molar-refractivity contribution in [2.24, 2.45) is 0 Å². The first-order valence-electron chi connectivity index (χ1n) is 3.10. The van der Waals surface area contributed by atoms with Gasteiger partial charge in [-0.25, -0.2) is 0 Å². The molecule has 2 heteroatoms. The van der Waals surface area contributed by atoms with Gasteiger partial charge >= 0.3 is 0 Å². The fraction of sp³-hybridized carbons (Fsp3) is 1.00. The van der Waals surface area contributed by atoms with Crippen LogP contribution in [0.3, 0.4) is 0 Å². The molecule has 2 radical (unpaired) electrons. The average molecular weight is 111 g/mol. The van der Waals surface area contributed by atoms with Crippen LogP contribution in [0.15, 0.2) is 0 Å². The summed E-state index contributed by atoms with van der Waals surface area (Å²) in [4.78, 5) is 2.03. The third-order valence-corrected chi connectivity index (χ3v) is 1.25. The van der Waals surface area contributed by atoms with E-state index in [1.54, 1.807) is 0 Å². The van der Waals surface area contributed by atoms with Crippen molar-refractivity contribution in [3.63, 3.8) is 0 Å². The van der Waals surface area contributed by atoms with E-state index in [1.165, 1.54) is 6.42 Å². The fourth-order valence-electron chi connectivity index (χ4n) is 0.554. The van der Waals surface area contributed by atoms with Gasteiger partial charge in [-0.05, 0) is 26.5 Å². The Morgan fingerprint density at radius 1 is 1.50 bits per heavy atom. The van der Waals surface area contributed by atoms with Crippen LogP contribution in [0.5, 0.6) is 0 Å². The summed E-state index contributed by atoms with van der Waals surface area (Å²) in [6.07, 6.45) is 2.26. The van der Waals surface area contributed by atoms with Crippen LogP contribution in [0.4, 0.5) is 0 Å². The molecule has 8 heavy (non-hydrogen) atoms. The van der Waals surface area contributed by atoms with Gasteiger partial charge in [0.2, 0.25) is 0 Å². The predicted octanol–water partition coefficient (Wildman–Crippen LogP) is 0.843. The van der Waals surface area contributed by atoms with Crippen LogP contribution in [0.1, 0.15) is 19.8 Å². The van der Waals surface area contributed by atoms with Gasteiger partial charge in [-0.15, -0.1) is 0 Å². The molecule has 1 atom stereocenters. The fourth-order valence-corrected chi connectivity index (χ4v) is 0.554. The van der Waals surface area contributed by atoms with Gasteiger partial charge in [0.1, 0.15) is 0 Å². The molecule has 0 spiro atoms. The third-order valence-electron chi connectivity index (χ3n) is 1.25. The molecule has 1 unspecified atom stereocenters. The SMILES string of the molecule is [B]C(CCC)N(C)C. The average Bonchev–Trinajstić information content (AvgIpc) is 1.67. The normalized spacial score (nSPS) is 14.5. The maximum absolute atomic E-state index is 5.65. The highest BCUT2D eigenvalue weighted by molar-refractivity contribution is 6.11. The van der Waals surface area contributed by atoms with Gasteiger partial charge in [0.25, 0.3) is 0 Å². The molecule has 0 saturated heterocycles. The zero-order valence-electron chi connectivity index (χ0n) is 6.02. The lowest BCUT2D eigenvalue weighted by molar-refractivity contribution is 0.358. The molecule has 0 aliphatic carbocycles. The van der Waals surface area contributed by atoms with E-state index in [0.29, 0.717) is 0 Å². The highest BCUT2D eigenvalue weighted by Crippen LogP contribution is 1.96. The van der Waals surface area contributed by atoms with Crippen molar-refractivity contribution in [1.29, 1.82) is 0 Å². The zero-order valence-corrected chi connectivity index (χ0v) is 6.02. The van der Waals surface area contributed by atoms with Crippen molar-refractivity contribution in [3.05, 3.63) is 0 Å². The third kappa shape index (κ3) is 3.08. The molecule has 0 aromatic rings. The molecule has 0 aliphatic rings. The molecule has 0 saturated carbocycles. The quantitative estimate of drug-likeness (QED) is 0.488. The number of hydrogen-bond donors (Lipinski definition) is 0. The largest absolute Gasteiger partial charge is 0.315 e. The van der Waals surface area contributed by atoms with E-state index in [0.717, 1.165) is 6.42 Å².